The molecule has 0 atom stereocenters. The Morgan fingerprint density at radius 3 is 1.46 bits per heavy atom. The molecular weight excluding hydrogens is 752 g/mol. The highest BCUT2D eigenvalue weighted by molar-refractivity contribution is 7.35. The number of benzene rings is 9. The molecule has 0 fully saturated rings. The number of anilines is 6. The maximum atomic E-state index is 2.62. The largest absolute Gasteiger partial charge is 0.309 e. The third-order valence-corrected chi connectivity index (χ3v) is 14.8. The van der Waals surface area contributed by atoms with E-state index in [9.17, 15) is 0 Å². The highest BCUT2D eigenvalue weighted by Crippen LogP contribution is 2.54. The molecular formula is C54H33BN2S2. The molecule has 9 aromatic carbocycles. The van der Waals surface area contributed by atoms with Crippen LogP contribution < -0.4 is 25.5 Å². The number of nitrogens with zero attached hydrogens (tertiary/aromatic N) is 2. The maximum absolute atomic E-state index is 2.62. The van der Waals surface area contributed by atoms with E-state index in [4.69, 9.17) is 0 Å². The van der Waals surface area contributed by atoms with Crippen molar-refractivity contribution in [2.24, 2.45) is 0 Å². The Kier molecular flexibility index (Phi) is 7.18. The van der Waals surface area contributed by atoms with E-state index in [1.54, 1.807) is 0 Å². The third-order valence-electron chi connectivity index (χ3n) is 12.4. The zero-order valence-electron chi connectivity index (χ0n) is 31.8. The van der Waals surface area contributed by atoms with Gasteiger partial charge in [0.25, 0.3) is 6.71 Å². The standard InChI is InChI=1S/C54H33BN2S2/c1-3-18-36(19-4-1)48-38-22-9-7-16-34(38)30-32-42(48)56-44-26-15-27-45-51(44)55(53-52(56)41-25-12-14-29-47(41)58-53)50-40-24-11-13-28-46(40)59-54(50)57(45)43-33-31-35-17-8-10-23-39(35)49(43)37-20-5-2-6-21-37/h1-33H. The number of rotatable bonds is 4. The van der Waals surface area contributed by atoms with Crippen LogP contribution in [-0.4, -0.2) is 6.71 Å². The predicted octanol–water partition coefficient (Wildman–Crippen LogP) is 13.8. The van der Waals surface area contributed by atoms with Gasteiger partial charge in [0.1, 0.15) is 0 Å². The Hall–Kier alpha value is -6.92. The molecule has 0 saturated heterocycles. The summed E-state index contributed by atoms with van der Waals surface area (Å²) in [5.74, 6) is 0. The van der Waals surface area contributed by atoms with Gasteiger partial charge in [-0.1, -0.05) is 164 Å². The van der Waals surface area contributed by atoms with Crippen LogP contribution in [0, 0.1) is 0 Å². The monoisotopic (exact) mass is 784 g/mol. The first kappa shape index (κ1) is 33.1. The molecule has 13 rings (SSSR count). The summed E-state index contributed by atoms with van der Waals surface area (Å²) in [6.45, 7) is 0.0495. The average Bonchev–Trinajstić information content (AvgIpc) is 3.88. The van der Waals surface area contributed by atoms with Crippen LogP contribution in [0.4, 0.5) is 33.4 Å². The van der Waals surface area contributed by atoms with E-state index in [1.807, 2.05) is 22.7 Å². The Labute approximate surface area is 350 Å². The molecule has 2 nitrogen and oxygen atoms in total. The van der Waals surface area contributed by atoms with Gasteiger partial charge in [-0.15, -0.1) is 22.7 Å². The van der Waals surface area contributed by atoms with Crippen molar-refractivity contribution in [3.63, 3.8) is 0 Å². The maximum Gasteiger partial charge on any atom is 0.266 e. The Morgan fingerprint density at radius 2 is 0.831 bits per heavy atom. The van der Waals surface area contributed by atoms with Crippen molar-refractivity contribution in [3.8, 4) is 22.3 Å². The predicted molar refractivity (Wildman–Crippen MR) is 257 cm³/mol. The summed E-state index contributed by atoms with van der Waals surface area (Å²) in [7, 11) is 0. The third kappa shape index (κ3) is 4.74. The molecule has 0 saturated carbocycles. The molecule has 274 valence electrons. The van der Waals surface area contributed by atoms with Gasteiger partial charge in [0.2, 0.25) is 0 Å². The average molecular weight is 785 g/mol. The lowest BCUT2D eigenvalue weighted by atomic mass is 9.36. The second kappa shape index (κ2) is 12.8. The van der Waals surface area contributed by atoms with E-state index < -0.39 is 0 Å². The lowest BCUT2D eigenvalue weighted by Crippen LogP contribution is -2.60. The molecule has 0 spiro atoms. The van der Waals surface area contributed by atoms with Crippen LogP contribution >= 0.6 is 22.7 Å². The minimum Gasteiger partial charge on any atom is -0.309 e. The Balaban J connectivity index is 1.18. The van der Waals surface area contributed by atoms with Crippen LogP contribution in [0.25, 0.3) is 64.0 Å². The van der Waals surface area contributed by atoms with E-state index in [0.29, 0.717) is 0 Å². The van der Waals surface area contributed by atoms with E-state index in [1.165, 1.54) is 113 Å². The van der Waals surface area contributed by atoms with Crippen molar-refractivity contribution in [2.75, 3.05) is 9.80 Å². The molecule has 2 aromatic heterocycles. The van der Waals surface area contributed by atoms with Crippen LogP contribution in [-0.2, 0) is 0 Å². The molecule has 0 amide bonds. The van der Waals surface area contributed by atoms with Crippen molar-refractivity contribution < 1.29 is 0 Å². The smallest absolute Gasteiger partial charge is 0.266 e. The fourth-order valence-corrected chi connectivity index (χ4v) is 12.6. The second-order valence-electron chi connectivity index (χ2n) is 15.5. The van der Waals surface area contributed by atoms with Crippen LogP contribution in [0.1, 0.15) is 0 Å². The molecule has 0 bridgehead atoms. The summed E-state index contributed by atoms with van der Waals surface area (Å²) in [5, 5.41) is 8.89. The summed E-state index contributed by atoms with van der Waals surface area (Å²) in [5.41, 5.74) is 13.8. The first-order chi connectivity index (χ1) is 29.3. The van der Waals surface area contributed by atoms with E-state index in [0.717, 1.165) is 0 Å². The fourth-order valence-electron chi connectivity index (χ4n) is 10.0. The van der Waals surface area contributed by atoms with Gasteiger partial charge in [-0.25, -0.2) is 0 Å². The van der Waals surface area contributed by atoms with E-state index >= 15 is 0 Å². The molecule has 0 N–H and O–H groups in total. The van der Waals surface area contributed by atoms with Crippen LogP contribution in [0.2, 0.25) is 0 Å². The highest BCUT2D eigenvalue weighted by atomic mass is 32.1. The van der Waals surface area contributed by atoms with Crippen molar-refractivity contribution >= 4 is 120 Å². The van der Waals surface area contributed by atoms with Gasteiger partial charge in [-0.05, 0) is 85.4 Å². The van der Waals surface area contributed by atoms with Crippen molar-refractivity contribution in [2.45, 2.75) is 0 Å². The quantitative estimate of drug-likeness (QED) is 0.164. The molecule has 0 radical (unpaired) electrons. The molecule has 2 aliphatic heterocycles. The van der Waals surface area contributed by atoms with Gasteiger partial charge < -0.3 is 9.80 Å². The number of thiophene rings is 2. The number of hydrogen-bond donors (Lipinski definition) is 0. The van der Waals surface area contributed by atoms with Gasteiger partial charge in [0, 0.05) is 42.1 Å². The first-order valence-electron chi connectivity index (χ1n) is 20.2. The normalized spacial score (nSPS) is 13.0. The zero-order valence-corrected chi connectivity index (χ0v) is 33.5. The van der Waals surface area contributed by atoms with Crippen molar-refractivity contribution in [1.82, 2.24) is 0 Å². The molecule has 0 aliphatic carbocycles. The Bertz CT molecular complexity index is 3480. The van der Waals surface area contributed by atoms with Gasteiger partial charge in [0.05, 0.1) is 22.1 Å². The summed E-state index contributed by atoms with van der Waals surface area (Å²) in [6, 6.07) is 74.1. The van der Waals surface area contributed by atoms with Gasteiger partial charge >= 0.3 is 0 Å². The van der Waals surface area contributed by atoms with Gasteiger partial charge in [0.15, 0.2) is 0 Å². The Morgan fingerprint density at radius 1 is 0.339 bits per heavy atom. The zero-order chi connectivity index (χ0) is 38.6. The SMILES string of the molecule is c1ccc(-c2c(N3c4cccc5c4B(c4sc6ccccc6c4N5c4ccc5ccccc5c4-c4ccccc4)c4c3sc3ccccc43)ccc3ccccc23)cc1. The molecule has 2 aliphatic rings. The topological polar surface area (TPSA) is 6.48 Å². The van der Waals surface area contributed by atoms with Crippen molar-refractivity contribution in [1.29, 1.82) is 0 Å². The molecule has 59 heavy (non-hydrogen) atoms. The van der Waals surface area contributed by atoms with Gasteiger partial charge in [-0.2, -0.15) is 0 Å². The molecule has 0 unspecified atom stereocenters. The summed E-state index contributed by atoms with van der Waals surface area (Å²) >= 11 is 3.88. The first-order valence-corrected chi connectivity index (χ1v) is 21.9. The lowest BCUT2D eigenvalue weighted by Gasteiger charge is -2.43. The fraction of sp³-hybridized carbons (Fsp3) is 0. The van der Waals surface area contributed by atoms with Crippen LogP contribution in [0.3, 0.4) is 0 Å². The molecule has 5 heteroatoms. The highest BCUT2D eigenvalue weighted by Gasteiger charge is 2.47. The molecule has 4 heterocycles. The molecule has 11 aromatic rings. The minimum absolute atomic E-state index is 0.0495. The van der Waals surface area contributed by atoms with Crippen LogP contribution in [0.5, 0.6) is 0 Å². The summed E-state index contributed by atoms with van der Waals surface area (Å²) < 4.78 is 4.01. The van der Waals surface area contributed by atoms with Gasteiger partial charge in [-0.3, -0.25) is 0 Å². The summed E-state index contributed by atoms with van der Waals surface area (Å²) in [4.78, 5) is 5.23. The van der Waals surface area contributed by atoms with Crippen molar-refractivity contribution in [3.05, 3.63) is 200 Å². The minimum atomic E-state index is 0.0495. The summed E-state index contributed by atoms with van der Waals surface area (Å²) in [6.07, 6.45) is 0. The van der Waals surface area contributed by atoms with Crippen LogP contribution in [0.15, 0.2) is 200 Å². The number of fused-ring (bicyclic) bond motifs is 10. The number of hydrogen-bond acceptors (Lipinski definition) is 4. The van der Waals surface area contributed by atoms with E-state index in [2.05, 4.69) is 210 Å². The lowest BCUT2D eigenvalue weighted by molar-refractivity contribution is 1.29. The van der Waals surface area contributed by atoms with E-state index in [-0.39, 0.29) is 6.71 Å². The second-order valence-corrected chi connectivity index (χ2v) is 17.7.